The maximum absolute atomic E-state index is 12.8. The number of carbonyl (C=O) groups is 2. The van der Waals surface area contributed by atoms with Crippen molar-refractivity contribution < 1.29 is 14.7 Å². The van der Waals surface area contributed by atoms with Crippen LogP contribution < -0.4 is 11.1 Å². The Morgan fingerprint density at radius 2 is 1.97 bits per heavy atom. The molecule has 0 saturated heterocycles. The first-order valence-corrected chi connectivity index (χ1v) is 9.43. The van der Waals surface area contributed by atoms with Gasteiger partial charge < -0.3 is 16.2 Å². The summed E-state index contributed by atoms with van der Waals surface area (Å²) in [6, 6.07) is 14.0. The van der Waals surface area contributed by atoms with Crippen LogP contribution in [0.3, 0.4) is 0 Å². The molecule has 1 heterocycles. The molecule has 2 unspecified atom stereocenters. The Morgan fingerprint density at radius 1 is 1.21 bits per heavy atom. The number of amides is 1. The number of aromatic nitrogens is 2. The van der Waals surface area contributed by atoms with Gasteiger partial charge >= 0.3 is 0 Å². The first-order valence-electron chi connectivity index (χ1n) is 9.43. The lowest BCUT2D eigenvalue weighted by Crippen LogP contribution is -2.27. The Bertz CT molecular complexity index is 1070. The molecule has 0 spiro atoms. The molecule has 0 radical (unpaired) electrons. The van der Waals surface area contributed by atoms with Gasteiger partial charge in [-0.3, -0.25) is 9.59 Å². The molecule has 1 amide bonds. The molecule has 148 valence electrons. The molecule has 0 bridgehead atoms. The molecule has 4 rings (SSSR count). The third-order valence-corrected chi connectivity index (χ3v) is 5.15. The number of nitrogens with two attached hydrogens (primary N) is 1. The quantitative estimate of drug-likeness (QED) is 0.559. The van der Waals surface area contributed by atoms with Gasteiger partial charge in [0.15, 0.2) is 5.78 Å². The van der Waals surface area contributed by atoms with Crippen LogP contribution in [0.15, 0.2) is 54.7 Å². The molecule has 3 aromatic rings. The number of hydrogen-bond donors (Lipinski definition) is 3. The average molecular weight is 390 g/mol. The normalized spacial score (nSPS) is 17.7. The van der Waals surface area contributed by atoms with Gasteiger partial charge in [-0.2, -0.15) is 5.10 Å². The number of ketones is 1. The largest absolute Gasteiger partial charge is 0.392 e. The smallest absolute Gasteiger partial charge is 0.251 e. The number of aryl methyl sites for hydroxylation is 1. The second kappa shape index (κ2) is 7.52. The van der Waals surface area contributed by atoms with Crippen LogP contribution in [0.5, 0.6) is 0 Å². The van der Waals surface area contributed by atoms with E-state index in [0.717, 1.165) is 5.56 Å². The Kier molecular flexibility index (Phi) is 4.90. The van der Waals surface area contributed by atoms with E-state index in [4.69, 9.17) is 5.73 Å². The minimum Gasteiger partial charge on any atom is -0.392 e. The lowest BCUT2D eigenvalue weighted by molar-refractivity contribution is 0.0948. The lowest BCUT2D eigenvalue weighted by atomic mass is 10.0. The molecule has 0 aliphatic heterocycles. The number of aliphatic hydroxyl groups is 1. The van der Waals surface area contributed by atoms with Crippen LogP contribution in [0.1, 0.15) is 49.9 Å². The van der Waals surface area contributed by atoms with Gasteiger partial charge in [-0.1, -0.05) is 35.9 Å². The first-order chi connectivity index (χ1) is 14.0. The van der Waals surface area contributed by atoms with E-state index in [2.05, 4.69) is 10.4 Å². The van der Waals surface area contributed by atoms with Crippen LogP contribution in [0.25, 0.3) is 0 Å². The van der Waals surface area contributed by atoms with Crippen molar-refractivity contribution in [2.45, 2.75) is 32.0 Å². The van der Waals surface area contributed by atoms with Crippen LogP contribution in [-0.2, 0) is 6.61 Å². The van der Waals surface area contributed by atoms with E-state index in [1.165, 1.54) is 6.20 Å². The molecule has 29 heavy (non-hydrogen) atoms. The summed E-state index contributed by atoms with van der Waals surface area (Å²) in [5.74, 6) is -0.105. The van der Waals surface area contributed by atoms with Gasteiger partial charge in [-0.05, 0) is 37.1 Å². The van der Waals surface area contributed by atoms with Crippen molar-refractivity contribution in [3.05, 3.63) is 82.5 Å². The molecule has 2 aromatic carbocycles. The topological polar surface area (TPSA) is 110 Å². The standard InChI is InChI=1S/C22H22N4O3/c1-13-5-7-15(8-6-13)22(29)25-18-10-19(18)26-21(23)17(11-24-26)20(28)16-4-2-3-14(9-16)12-27/h2-9,11,18-19,27H,10,12,23H2,1H3,(H,25,29). The van der Waals surface area contributed by atoms with Crippen LogP contribution in [-0.4, -0.2) is 32.6 Å². The number of rotatable bonds is 6. The van der Waals surface area contributed by atoms with Crippen molar-refractivity contribution >= 4 is 17.5 Å². The van der Waals surface area contributed by atoms with E-state index in [9.17, 15) is 14.7 Å². The number of hydrogen-bond acceptors (Lipinski definition) is 5. The molecule has 1 fully saturated rings. The first kappa shape index (κ1) is 18.9. The molecule has 1 aromatic heterocycles. The second-order valence-corrected chi connectivity index (χ2v) is 7.32. The number of nitrogens with one attached hydrogen (secondary N) is 1. The Hall–Kier alpha value is -3.45. The van der Waals surface area contributed by atoms with E-state index in [1.54, 1.807) is 41.1 Å². The van der Waals surface area contributed by atoms with Crippen molar-refractivity contribution in [3.63, 3.8) is 0 Å². The molecule has 7 nitrogen and oxygen atoms in total. The van der Waals surface area contributed by atoms with Gasteiger partial charge in [0.05, 0.1) is 30.5 Å². The van der Waals surface area contributed by atoms with Crippen LogP contribution in [0.2, 0.25) is 0 Å². The van der Waals surface area contributed by atoms with Crippen LogP contribution in [0, 0.1) is 6.92 Å². The van der Waals surface area contributed by atoms with E-state index in [-0.39, 0.29) is 36.2 Å². The predicted octanol–water partition coefficient (Wildman–Crippen LogP) is 2.24. The van der Waals surface area contributed by atoms with Crippen molar-refractivity contribution in [1.29, 1.82) is 0 Å². The van der Waals surface area contributed by atoms with Gasteiger partial charge in [0.25, 0.3) is 5.91 Å². The number of anilines is 1. The lowest BCUT2D eigenvalue weighted by Gasteiger charge is -2.07. The van der Waals surface area contributed by atoms with Gasteiger partial charge in [0.2, 0.25) is 0 Å². The molecule has 1 aliphatic carbocycles. The van der Waals surface area contributed by atoms with Gasteiger partial charge in [-0.15, -0.1) is 0 Å². The minimum absolute atomic E-state index is 0.0743. The fourth-order valence-corrected chi connectivity index (χ4v) is 3.34. The monoisotopic (exact) mass is 390 g/mol. The summed E-state index contributed by atoms with van der Waals surface area (Å²) >= 11 is 0. The maximum Gasteiger partial charge on any atom is 0.251 e. The third kappa shape index (κ3) is 3.77. The zero-order chi connectivity index (χ0) is 20.5. The molecule has 2 atom stereocenters. The van der Waals surface area contributed by atoms with Crippen LogP contribution >= 0.6 is 0 Å². The molecular weight excluding hydrogens is 368 g/mol. The molecule has 1 aliphatic rings. The van der Waals surface area contributed by atoms with Gasteiger partial charge in [0, 0.05) is 11.1 Å². The van der Waals surface area contributed by atoms with E-state index in [0.29, 0.717) is 28.7 Å². The van der Waals surface area contributed by atoms with Crippen molar-refractivity contribution in [2.75, 3.05) is 5.73 Å². The average Bonchev–Trinajstić information content (AvgIpc) is 3.38. The summed E-state index contributed by atoms with van der Waals surface area (Å²) in [5, 5.41) is 16.5. The molecule has 4 N–H and O–H groups in total. The van der Waals surface area contributed by atoms with Gasteiger partial charge in [0.1, 0.15) is 5.82 Å². The summed E-state index contributed by atoms with van der Waals surface area (Å²) in [4.78, 5) is 25.2. The highest BCUT2D eigenvalue weighted by molar-refractivity contribution is 6.11. The van der Waals surface area contributed by atoms with Crippen molar-refractivity contribution in [1.82, 2.24) is 15.1 Å². The third-order valence-electron chi connectivity index (χ3n) is 5.15. The SMILES string of the molecule is Cc1ccc(C(=O)NC2CC2n2ncc(C(=O)c3cccc(CO)c3)c2N)cc1. The number of aliphatic hydroxyl groups excluding tert-OH is 1. The number of nitrogen functional groups attached to an aromatic ring is 1. The summed E-state index contributed by atoms with van der Waals surface area (Å²) in [5.41, 5.74) is 9.31. The van der Waals surface area contributed by atoms with E-state index in [1.807, 2.05) is 19.1 Å². The minimum atomic E-state index is -0.245. The van der Waals surface area contributed by atoms with Crippen molar-refractivity contribution in [2.24, 2.45) is 0 Å². The van der Waals surface area contributed by atoms with E-state index < -0.39 is 0 Å². The molecule has 7 heteroatoms. The summed E-state index contributed by atoms with van der Waals surface area (Å²) in [6.45, 7) is 1.83. The van der Waals surface area contributed by atoms with Gasteiger partial charge in [-0.25, -0.2) is 4.68 Å². The zero-order valence-corrected chi connectivity index (χ0v) is 16.0. The number of nitrogens with zero attached hydrogens (tertiary/aromatic N) is 2. The zero-order valence-electron chi connectivity index (χ0n) is 16.0. The Morgan fingerprint density at radius 3 is 2.69 bits per heavy atom. The summed E-state index contributed by atoms with van der Waals surface area (Å²) < 4.78 is 1.60. The highest BCUT2D eigenvalue weighted by atomic mass is 16.3. The van der Waals surface area contributed by atoms with Crippen LogP contribution in [0.4, 0.5) is 5.82 Å². The fourth-order valence-electron chi connectivity index (χ4n) is 3.34. The highest BCUT2D eigenvalue weighted by Gasteiger charge is 2.42. The second-order valence-electron chi connectivity index (χ2n) is 7.32. The fraction of sp³-hybridized carbons (Fsp3) is 0.227. The maximum atomic E-state index is 12.8. The number of benzene rings is 2. The number of carbonyl (C=O) groups excluding carboxylic acids is 2. The predicted molar refractivity (Wildman–Crippen MR) is 109 cm³/mol. The van der Waals surface area contributed by atoms with E-state index >= 15 is 0 Å². The Labute approximate surface area is 168 Å². The molecular formula is C22H22N4O3. The summed E-state index contributed by atoms with van der Waals surface area (Å²) in [7, 11) is 0. The summed E-state index contributed by atoms with van der Waals surface area (Å²) in [6.07, 6.45) is 2.16. The Balaban J connectivity index is 1.46. The van der Waals surface area contributed by atoms with Crippen molar-refractivity contribution in [3.8, 4) is 0 Å². The highest BCUT2D eigenvalue weighted by Crippen LogP contribution is 2.38. The molecule has 1 saturated carbocycles.